The van der Waals surface area contributed by atoms with E-state index in [1.54, 1.807) is 0 Å². The molecule has 6 N–H and O–H groups in total. The first kappa shape index (κ1) is 38.3. The molecule has 0 radical (unpaired) electrons. The number of carbonyl (C=O) groups is 3. The molecule has 2 aromatic carbocycles. The fraction of sp³-hybridized carbons (Fsp3) is 0.476. The standard InChI is InChI=1S/C21H26N4O4.C21H24N4O3/c1-11-20(12(2)29-25-11)13-6-7-16(22-14-9-15(26)10-14)18(8-13)24-21(28)17-4-3-5-19(27)23-17;1-11-20(12(2)28-24-11)13-6-7-18-17(8-13)23-21(16-4-3-5-19(27)22-16)25(18)14-9-15(26)10-14/h6-8,14-15,17,22,26H,3-5,9-10H2,1-2H3,(H,23,27)(H,24,28);6-8,14-16,26H,3-5,9-10H2,1-2H3,(H,22,27)/t;14?,15?,16-/m.0/s1. The van der Waals surface area contributed by atoms with Crippen molar-refractivity contribution in [1.82, 2.24) is 30.5 Å². The second-order valence-corrected chi connectivity index (χ2v) is 16.0. The summed E-state index contributed by atoms with van der Waals surface area (Å²) in [6.45, 7) is 7.58. The van der Waals surface area contributed by atoms with Gasteiger partial charge in [-0.3, -0.25) is 14.4 Å². The molecule has 4 aliphatic rings. The Bertz CT molecular complexity index is 2280. The van der Waals surface area contributed by atoms with Gasteiger partial charge in [-0.05, 0) is 114 Å². The van der Waals surface area contributed by atoms with Crippen LogP contribution in [-0.4, -0.2) is 72.1 Å². The summed E-state index contributed by atoms with van der Waals surface area (Å²) in [5.74, 6) is 2.16. The molecule has 2 saturated carbocycles. The molecule has 5 heterocycles. The number of carbonyl (C=O) groups excluding carboxylic acids is 3. The van der Waals surface area contributed by atoms with E-state index in [4.69, 9.17) is 14.0 Å². The zero-order chi connectivity index (χ0) is 40.0. The Balaban J connectivity index is 0.000000160. The number of aromatic nitrogens is 4. The quantitative estimate of drug-likeness (QED) is 0.110. The largest absolute Gasteiger partial charge is 0.393 e. The minimum atomic E-state index is -0.530. The molecule has 2 atom stereocenters. The zero-order valence-electron chi connectivity index (χ0n) is 32.7. The number of anilines is 2. The first-order valence-corrected chi connectivity index (χ1v) is 20.0. The highest BCUT2D eigenvalue weighted by Crippen LogP contribution is 2.40. The fourth-order valence-corrected chi connectivity index (χ4v) is 8.54. The van der Waals surface area contributed by atoms with Crippen LogP contribution in [0, 0.1) is 27.7 Å². The van der Waals surface area contributed by atoms with Crippen molar-refractivity contribution in [1.29, 1.82) is 0 Å². The molecule has 15 heteroatoms. The summed E-state index contributed by atoms with van der Waals surface area (Å²) in [4.78, 5) is 41.4. The monoisotopic (exact) mass is 778 g/mol. The third kappa shape index (κ3) is 7.90. The minimum absolute atomic E-state index is 0.0751. The summed E-state index contributed by atoms with van der Waals surface area (Å²) in [5.41, 5.74) is 8.82. The molecule has 2 saturated heterocycles. The average molecular weight is 779 g/mol. The molecule has 9 rings (SSSR count). The van der Waals surface area contributed by atoms with Crippen molar-refractivity contribution < 1.29 is 33.6 Å². The number of fused-ring (bicyclic) bond motifs is 1. The number of hydrogen-bond acceptors (Lipinski definition) is 11. The van der Waals surface area contributed by atoms with Crippen LogP contribution in [0.4, 0.5) is 11.4 Å². The van der Waals surface area contributed by atoms with E-state index < -0.39 is 6.04 Å². The van der Waals surface area contributed by atoms with E-state index in [0.29, 0.717) is 50.0 Å². The van der Waals surface area contributed by atoms with Gasteiger partial charge in [0, 0.05) is 36.1 Å². The number of imidazole rings is 1. The van der Waals surface area contributed by atoms with Gasteiger partial charge in [0.25, 0.3) is 0 Å². The first-order valence-electron chi connectivity index (χ1n) is 20.0. The van der Waals surface area contributed by atoms with E-state index in [-0.39, 0.29) is 48.1 Å². The van der Waals surface area contributed by atoms with Crippen LogP contribution in [0.1, 0.15) is 105 Å². The maximum atomic E-state index is 12.8. The number of aliphatic hydroxyl groups is 2. The molecule has 3 aromatic heterocycles. The van der Waals surface area contributed by atoms with E-state index in [1.165, 1.54) is 0 Å². The SMILES string of the molecule is Cc1noc(C)c1-c1ccc(NC2CC(O)C2)c(NC(=O)C2CCCC(=O)N2)c1.Cc1noc(C)c1-c1ccc2c(c1)nc([C@@H]1CCCC(=O)N1)n2C1CC(O)C1. The lowest BCUT2D eigenvalue weighted by Gasteiger charge is -2.35. The molecule has 5 aromatic rings. The third-order valence-corrected chi connectivity index (χ3v) is 11.7. The first-order chi connectivity index (χ1) is 27.4. The lowest BCUT2D eigenvalue weighted by Crippen LogP contribution is -2.46. The zero-order valence-corrected chi connectivity index (χ0v) is 32.7. The molecular formula is C42H50N8O7. The van der Waals surface area contributed by atoms with Crippen LogP contribution < -0.4 is 21.3 Å². The van der Waals surface area contributed by atoms with E-state index in [0.717, 1.165) is 87.6 Å². The maximum Gasteiger partial charge on any atom is 0.247 e. The highest BCUT2D eigenvalue weighted by atomic mass is 16.5. The predicted molar refractivity (Wildman–Crippen MR) is 212 cm³/mol. The smallest absolute Gasteiger partial charge is 0.247 e. The van der Waals surface area contributed by atoms with E-state index in [1.807, 2.05) is 45.9 Å². The summed E-state index contributed by atoms with van der Waals surface area (Å²) in [6.07, 6.45) is 6.41. The Morgan fingerprint density at radius 3 is 2.00 bits per heavy atom. The Morgan fingerprint density at radius 1 is 0.789 bits per heavy atom. The highest BCUT2D eigenvalue weighted by Gasteiger charge is 2.35. The number of hydrogen-bond donors (Lipinski definition) is 6. The second kappa shape index (κ2) is 15.8. The normalized spacial score (nSPS) is 24.4. The van der Waals surface area contributed by atoms with Crippen molar-refractivity contribution in [3.8, 4) is 22.3 Å². The van der Waals surface area contributed by atoms with Gasteiger partial charge in [-0.25, -0.2) is 4.98 Å². The summed E-state index contributed by atoms with van der Waals surface area (Å²) in [7, 11) is 0. The molecule has 2 aliphatic carbocycles. The van der Waals surface area contributed by atoms with Crippen LogP contribution in [0.15, 0.2) is 45.4 Å². The van der Waals surface area contributed by atoms with Crippen molar-refractivity contribution in [2.24, 2.45) is 0 Å². The van der Waals surface area contributed by atoms with Crippen LogP contribution in [0.25, 0.3) is 33.3 Å². The van der Waals surface area contributed by atoms with Crippen molar-refractivity contribution in [3.05, 3.63) is 65.1 Å². The minimum Gasteiger partial charge on any atom is -0.393 e. The summed E-state index contributed by atoms with van der Waals surface area (Å²) in [6, 6.07) is 11.8. The number of amides is 3. The van der Waals surface area contributed by atoms with Crippen molar-refractivity contribution in [3.63, 3.8) is 0 Å². The lowest BCUT2D eigenvalue weighted by molar-refractivity contribution is -0.128. The van der Waals surface area contributed by atoms with Gasteiger partial charge in [0.2, 0.25) is 17.7 Å². The maximum absolute atomic E-state index is 12.8. The van der Waals surface area contributed by atoms with Crippen LogP contribution in [0.5, 0.6) is 0 Å². The number of rotatable bonds is 8. The number of nitrogens with one attached hydrogen (secondary N) is 4. The molecular weight excluding hydrogens is 729 g/mol. The van der Waals surface area contributed by atoms with Gasteiger partial charge in [0.1, 0.15) is 23.4 Å². The molecule has 0 spiro atoms. The van der Waals surface area contributed by atoms with Gasteiger partial charge in [-0.2, -0.15) is 0 Å². The Labute approximate surface area is 330 Å². The Morgan fingerprint density at radius 2 is 1.40 bits per heavy atom. The average Bonchev–Trinajstić information content (AvgIpc) is 3.82. The van der Waals surface area contributed by atoms with Gasteiger partial charge in [-0.1, -0.05) is 22.4 Å². The van der Waals surface area contributed by atoms with Crippen molar-refractivity contribution in [2.45, 2.75) is 128 Å². The predicted octanol–water partition coefficient (Wildman–Crippen LogP) is 5.85. The van der Waals surface area contributed by atoms with E-state index >= 15 is 0 Å². The van der Waals surface area contributed by atoms with Crippen LogP contribution in [0.2, 0.25) is 0 Å². The van der Waals surface area contributed by atoms with Crippen molar-refractivity contribution >= 4 is 40.1 Å². The summed E-state index contributed by atoms with van der Waals surface area (Å²) >= 11 is 0. The molecule has 4 fully saturated rings. The van der Waals surface area contributed by atoms with Gasteiger partial charge >= 0.3 is 0 Å². The van der Waals surface area contributed by atoms with Crippen molar-refractivity contribution in [2.75, 3.05) is 10.6 Å². The van der Waals surface area contributed by atoms with Crippen LogP contribution in [0.3, 0.4) is 0 Å². The Kier molecular flexibility index (Phi) is 10.6. The molecule has 3 amide bonds. The van der Waals surface area contributed by atoms with Gasteiger partial charge < -0.3 is 45.1 Å². The van der Waals surface area contributed by atoms with Gasteiger partial charge in [0.15, 0.2) is 0 Å². The lowest BCUT2D eigenvalue weighted by atomic mass is 9.88. The number of benzene rings is 2. The molecule has 0 bridgehead atoms. The molecule has 1 unspecified atom stereocenters. The van der Waals surface area contributed by atoms with Crippen LogP contribution in [-0.2, 0) is 14.4 Å². The molecule has 2 aliphatic heterocycles. The van der Waals surface area contributed by atoms with E-state index in [9.17, 15) is 24.6 Å². The summed E-state index contributed by atoms with van der Waals surface area (Å²) < 4.78 is 12.8. The number of piperidine rings is 2. The number of aryl methyl sites for hydroxylation is 4. The van der Waals surface area contributed by atoms with Crippen LogP contribution >= 0.6 is 0 Å². The second-order valence-electron chi connectivity index (χ2n) is 16.0. The van der Waals surface area contributed by atoms with E-state index in [2.05, 4.69) is 54.3 Å². The highest BCUT2D eigenvalue weighted by molar-refractivity contribution is 6.00. The number of aliphatic hydroxyl groups excluding tert-OH is 2. The summed E-state index contributed by atoms with van der Waals surface area (Å²) in [5, 5.41) is 39.7. The topological polar surface area (TPSA) is 210 Å². The Hall–Kier alpha value is -5.54. The molecule has 57 heavy (non-hydrogen) atoms. The van der Waals surface area contributed by atoms with Gasteiger partial charge in [-0.15, -0.1) is 0 Å². The number of nitrogens with zero attached hydrogens (tertiary/aromatic N) is 4. The molecule has 300 valence electrons. The third-order valence-electron chi connectivity index (χ3n) is 11.7. The molecule has 15 nitrogen and oxygen atoms in total. The fourth-order valence-electron chi connectivity index (χ4n) is 8.54. The van der Waals surface area contributed by atoms with Gasteiger partial charge in [0.05, 0.1) is 52.0 Å².